The van der Waals surface area contributed by atoms with Crippen LogP contribution in [0.1, 0.15) is 95.1 Å². The lowest BCUT2D eigenvalue weighted by molar-refractivity contribution is -0.191. The van der Waals surface area contributed by atoms with Gasteiger partial charge >= 0.3 is 24.3 Å². The number of fused-ring (bicyclic) bond motifs is 1. The number of guanidine groups is 1. The monoisotopic (exact) mass is 740 g/mol. The van der Waals surface area contributed by atoms with Crippen molar-refractivity contribution in [1.29, 1.82) is 0 Å². The highest BCUT2D eigenvalue weighted by Crippen LogP contribution is 2.33. The summed E-state index contributed by atoms with van der Waals surface area (Å²) < 4.78 is 16.2. The van der Waals surface area contributed by atoms with E-state index in [1.807, 2.05) is 24.3 Å². The van der Waals surface area contributed by atoms with Gasteiger partial charge in [0.25, 0.3) is 0 Å². The highest BCUT2D eigenvalue weighted by Gasteiger charge is 2.28. The molecule has 0 aliphatic carbocycles. The van der Waals surface area contributed by atoms with Crippen LogP contribution in [0.25, 0.3) is 10.9 Å². The van der Waals surface area contributed by atoms with Gasteiger partial charge in [0.1, 0.15) is 17.0 Å². The minimum absolute atomic E-state index is 0.0223. The van der Waals surface area contributed by atoms with Crippen LogP contribution in [-0.4, -0.2) is 52.2 Å². The molecule has 4 aromatic rings. The molecule has 1 atom stereocenters. The van der Waals surface area contributed by atoms with E-state index >= 15 is 0 Å². The highest BCUT2D eigenvalue weighted by atomic mass is 16.6. The van der Waals surface area contributed by atoms with Crippen LogP contribution >= 0.6 is 0 Å². The van der Waals surface area contributed by atoms with E-state index in [0.717, 1.165) is 11.8 Å². The molecule has 0 radical (unpaired) electrons. The van der Waals surface area contributed by atoms with Crippen molar-refractivity contribution in [3.8, 4) is 5.75 Å². The summed E-state index contributed by atoms with van der Waals surface area (Å²) in [6, 6.07) is 23.2. The SMILES string of the molecule is CC(C)(C)OC(=O)NC(=Nc1ccc(C(=O)Oc2ccc3cc(C(=O)CC(Cc4ccccc4)C(C)(C)C)[nH]c3c2)cc1)NC(=O)OC(C)(C)C.O=C=O. The molecule has 0 saturated carbocycles. The lowest BCUT2D eigenvalue weighted by Crippen LogP contribution is -2.47. The first kappa shape index (κ1) is 42.3. The number of carbonyl (C=O) groups is 4. The molecule has 1 aromatic heterocycles. The van der Waals surface area contributed by atoms with Crippen LogP contribution in [0.15, 0.2) is 83.9 Å². The Labute approximate surface area is 314 Å². The zero-order valence-electron chi connectivity index (χ0n) is 32.1. The standard InChI is InChI=1S/C40H48N4O7.CO2/c1-38(2,3)28(21-25-13-11-10-12-14-25)23-33(45)32-22-27-17-20-30(24-31(27)42-32)49-34(46)26-15-18-29(19-16-26)41-35(43-36(47)50-39(4,5)6)44-37(48)51-40(7,8)9;2-1-3/h10-20,22,24,28,42H,21,23H2,1-9H3,(H2,41,43,44,47,48);. The molecule has 13 nitrogen and oxygen atoms in total. The number of benzene rings is 3. The second kappa shape index (κ2) is 18.1. The van der Waals surface area contributed by atoms with Crippen molar-refractivity contribution >= 4 is 52.6 Å². The zero-order chi connectivity index (χ0) is 40.3. The van der Waals surface area contributed by atoms with Crippen LogP contribution in [0, 0.1) is 11.3 Å². The average molecular weight is 741 g/mol. The molecule has 4 rings (SSSR count). The summed E-state index contributed by atoms with van der Waals surface area (Å²) in [7, 11) is 0. The summed E-state index contributed by atoms with van der Waals surface area (Å²) in [6.07, 6.45) is -0.213. The number of hydrogen-bond acceptors (Lipinski definition) is 10. The predicted octanol–water partition coefficient (Wildman–Crippen LogP) is 8.32. The number of nitrogens with one attached hydrogen (secondary N) is 3. The molecule has 0 fully saturated rings. The number of rotatable bonds is 8. The maximum absolute atomic E-state index is 13.4. The number of esters is 1. The topological polar surface area (TPSA) is 182 Å². The smallest absolute Gasteiger partial charge is 0.414 e. The van der Waals surface area contributed by atoms with Crippen molar-refractivity contribution in [3.05, 3.63) is 95.7 Å². The van der Waals surface area contributed by atoms with E-state index in [2.05, 4.69) is 53.5 Å². The van der Waals surface area contributed by atoms with Gasteiger partial charge < -0.3 is 19.2 Å². The van der Waals surface area contributed by atoms with E-state index in [4.69, 9.17) is 23.8 Å². The number of nitrogens with zero attached hydrogens (tertiary/aromatic N) is 1. The second-order valence-corrected chi connectivity index (χ2v) is 15.5. The first-order valence-electron chi connectivity index (χ1n) is 17.3. The van der Waals surface area contributed by atoms with Crippen molar-refractivity contribution < 1.29 is 43.0 Å². The Morgan fingerprint density at radius 1 is 0.759 bits per heavy atom. The Morgan fingerprint density at radius 3 is 1.83 bits per heavy atom. The summed E-state index contributed by atoms with van der Waals surface area (Å²) in [5.74, 6) is -0.371. The van der Waals surface area contributed by atoms with Gasteiger partial charge in [-0.25, -0.2) is 19.4 Å². The van der Waals surface area contributed by atoms with Gasteiger partial charge in [0.15, 0.2) is 5.78 Å². The van der Waals surface area contributed by atoms with Crippen LogP contribution in [0.5, 0.6) is 5.75 Å². The van der Waals surface area contributed by atoms with Crippen molar-refractivity contribution in [3.63, 3.8) is 0 Å². The number of Topliss-reactive ketones (excluding diaryl/α,β-unsaturated/α-hetero) is 1. The van der Waals surface area contributed by atoms with E-state index in [1.54, 1.807) is 59.7 Å². The van der Waals surface area contributed by atoms with Gasteiger partial charge in [0, 0.05) is 23.4 Å². The Balaban J connectivity index is 0.00000253. The van der Waals surface area contributed by atoms with Gasteiger partial charge in [-0.1, -0.05) is 51.1 Å². The van der Waals surface area contributed by atoms with Gasteiger partial charge in [-0.15, -0.1) is 0 Å². The Morgan fingerprint density at radius 2 is 1.31 bits per heavy atom. The van der Waals surface area contributed by atoms with E-state index in [1.165, 1.54) is 29.8 Å². The fourth-order valence-electron chi connectivity index (χ4n) is 5.09. The van der Waals surface area contributed by atoms with Crippen LogP contribution in [0.2, 0.25) is 0 Å². The molecule has 0 bridgehead atoms. The van der Waals surface area contributed by atoms with E-state index in [-0.39, 0.29) is 34.8 Å². The second-order valence-electron chi connectivity index (χ2n) is 15.5. The maximum atomic E-state index is 13.4. The minimum atomic E-state index is -0.829. The fraction of sp³-hybridized carbons (Fsp3) is 0.366. The van der Waals surface area contributed by atoms with E-state index in [9.17, 15) is 19.2 Å². The predicted molar refractivity (Wildman–Crippen MR) is 203 cm³/mol. The minimum Gasteiger partial charge on any atom is -0.444 e. The Kier molecular flexibility index (Phi) is 14.2. The molecule has 13 heteroatoms. The molecular formula is C41H48N4O9. The summed E-state index contributed by atoms with van der Waals surface area (Å²) in [6.45, 7) is 16.7. The number of aliphatic imine (C=N–C) groups is 1. The molecule has 1 heterocycles. The lowest BCUT2D eigenvalue weighted by Gasteiger charge is -2.30. The maximum Gasteiger partial charge on any atom is 0.414 e. The number of hydrogen-bond donors (Lipinski definition) is 3. The number of ether oxygens (including phenoxy) is 3. The number of aromatic nitrogens is 1. The fourth-order valence-corrected chi connectivity index (χ4v) is 5.09. The van der Waals surface area contributed by atoms with Gasteiger partial charge in [-0.2, -0.15) is 9.59 Å². The van der Waals surface area contributed by atoms with Gasteiger partial charge in [-0.05, 0) is 107 Å². The Bertz CT molecular complexity index is 1960. The number of alkyl carbamates (subject to hydrolysis) is 2. The molecule has 54 heavy (non-hydrogen) atoms. The average Bonchev–Trinajstić information content (AvgIpc) is 3.47. The quantitative estimate of drug-likeness (QED) is 0.0526. The van der Waals surface area contributed by atoms with Gasteiger partial charge in [0.05, 0.1) is 16.9 Å². The van der Waals surface area contributed by atoms with Crippen LogP contribution in [0.4, 0.5) is 15.3 Å². The molecule has 1 unspecified atom stereocenters. The molecular weight excluding hydrogens is 692 g/mol. The molecule has 0 saturated heterocycles. The third kappa shape index (κ3) is 14.2. The first-order chi connectivity index (χ1) is 25.2. The molecule has 2 amide bonds. The summed E-state index contributed by atoms with van der Waals surface area (Å²) >= 11 is 0. The molecule has 0 aliphatic rings. The highest BCUT2D eigenvalue weighted by molar-refractivity contribution is 6.03. The van der Waals surface area contributed by atoms with Crippen LogP contribution < -0.4 is 15.4 Å². The molecule has 286 valence electrons. The van der Waals surface area contributed by atoms with Crippen molar-refractivity contribution in [2.24, 2.45) is 16.3 Å². The number of amides is 2. The summed E-state index contributed by atoms with van der Waals surface area (Å²) in [5, 5.41) is 5.66. The molecule has 0 aliphatic heterocycles. The van der Waals surface area contributed by atoms with E-state index < -0.39 is 29.4 Å². The van der Waals surface area contributed by atoms with Gasteiger partial charge in [-0.3, -0.25) is 15.4 Å². The molecule has 0 spiro atoms. The third-order valence-corrected chi connectivity index (χ3v) is 7.67. The lowest BCUT2D eigenvalue weighted by atomic mass is 9.74. The molecule has 3 N–H and O–H groups in total. The van der Waals surface area contributed by atoms with Crippen molar-refractivity contribution in [2.45, 2.75) is 86.4 Å². The van der Waals surface area contributed by atoms with Crippen LogP contribution in [0.3, 0.4) is 0 Å². The van der Waals surface area contributed by atoms with Crippen LogP contribution in [-0.2, 0) is 25.5 Å². The van der Waals surface area contributed by atoms with Crippen molar-refractivity contribution in [1.82, 2.24) is 15.6 Å². The Hall–Kier alpha value is -6.07. The normalized spacial score (nSPS) is 11.9. The van der Waals surface area contributed by atoms with E-state index in [0.29, 0.717) is 29.1 Å². The molecule has 3 aromatic carbocycles. The van der Waals surface area contributed by atoms with Gasteiger partial charge in [0.2, 0.25) is 5.96 Å². The van der Waals surface area contributed by atoms with Crippen molar-refractivity contribution in [2.75, 3.05) is 0 Å². The summed E-state index contributed by atoms with van der Waals surface area (Å²) in [5.41, 5.74) is 1.30. The third-order valence-electron chi connectivity index (χ3n) is 7.67. The number of carbonyl (C=O) groups excluding carboxylic acids is 6. The first-order valence-corrected chi connectivity index (χ1v) is 17.3. The number of aromatic amines is 1. The number of H-pyrrole nitrogens is 1. The zero-order valence-corrected chi connectivity index (χ0v) is 32.1. The largest absolute Gasteiger partial charge is 0.444 e. The summed E-state index contributed by atoms with van der Waals surface area (Å²) in [4.78, 5) is 75.1. The number of ketones is 1.